The predicted molar refractivity (Wildman–Crippen MR) is 54.6 cm³/mol. The van der Waals surface area contributed by atoms with Crippen LogP contribution >= 0.6 is 0 Å². The summed E-state index contributed by atoms with van der Waals surface area (Å²) >= 11 is 0. The third-order valence-electron chi connectivity index (χ3n) is 2.07. The molecular weight excluding hydrogens is 237 g/mol. The van der Waals surface area contributed by atoms with Crippen molar-refractivity contribution in [3.8, 4) is 5.75 Å². The molecule has 17 heavy (non-hydrogen) atoms. The molecule has 1 N–H and O–H groups in total. The van der Waals surface area contributed by atoms with E-state index >= 15 is 0 Å². The van der Waals surface area contributed by atoms with Crippen molar-refractivity contribution in [1.29, 1.82) is 0 Å². The summed E-state index contributed by atoms with van der Waals surface area (Å²) in [7, 11) is 1.48. The van der Waals surface area contributed by atoms with Crippen molar-refractivity contribution in [3.05, 3.63) is 29.8 Å². The van der Waals surface area contributed by atoms with Gasteiger partial charge in [0.15, 0.2) is 0 Å². The summed E-state index contributed by atoms with van der Waals surface area (Å²) in [6.07, 6.45) is -5.28. The minimum absolute atomic E-state index is 0.311. The second-order valence-electron chi connectivity index (χ2n) is 3.42. The first-order chi connectivity index (χ1) is 7.92. The van der Waals surface area contributed by atoms with Crippen LogP contribution in [0.2, 0.25) is 0 Å². The van der Waals surface area contributed by atoms with E-state index in [1.165, 1.54) is 25.3 Å². The van der Waals surface area contributed by atoms with Crippen molar-refractivity contribution < 1.29 is 27.8 Å². The van der Waals surface area contributed by atoms with Crippen molar-refractivity contribution in [2.45, 2.75) is 18.9 Å². The standard InChI is InChI=1S/C11H13F3O3/c1-16-6-5-10(15)8-3-2-4-9(7-8)17-11(12,13)14/h2-4,7,10,15H,5-6H2,1H3. The molecular formula is C11H13F3O3. The maximum absolute atomic E-state index is 12.0. The van der Waals surface area contributed by atoms with Crippen molar-refractivity contribution in [3.63, 3.8) is 0 Å². The molecule has 1 rings (SSSR count). The summed E-state index contributed by atoms with van der Waals surface area (Å²) in [5.41, 5.74) is 0.365. The van der Waals surface area contributed by atoms with Crippen LogP contribution in [0.1, 0.15) is 18.1 Å². The largest absolute Gasteiger partial charge is 0.573 e. The molecule has 1 atom stereocenters. The first-order valence-corrected chi connectivity index (χ1v) is 4.95. The zero-order valence-corrected chi connectivity index (χ0v) is 9.20. The van der Waals surface area contributed by atoms with Crippen LogP contribution < -0.4 is 4.74 Å². The number of alkyl halides is 3. The second-order valence-corrected chi connectivity index (χ2v) is 3.42. The number of aliphatic hydroxyl groups is 1. The van der Waals surface area contributed by atoms with Gasteiger partial charge < -0.3 is 14.6 Å². The summed E-state index contributed by atoms with van der Waals surface area (Å²) in [6.45, 7) is 0.325. The Hall–Kier alpha value is -1.27. The molecule has 0 saturated heterocycles. The SMILES string of the molecule is COCCC(O)c1cccc(OC(F)(F)F)c1. The molecule has 3 nitrogen and oxygen atoms in total. The summed E-state index contributed by atoms with van der Waals surface area (Å²) in [5.74, 6) is -0.341. The molecule has 0 aliphatic heterocycles. The number of hydrogen-bond acceptors (Lipinski definition) is 3. The minimum atomic E-state index is -4.73. The molecule has 0 spiro atoms. The van der Waals surface area contributed by atoms with E-state index in [0.29, 0.717) is 18.6 Å². The Kier molecular flexibility index (Phi) is 4.77. The Bertz CT molecular complexity index is 352. The third-order valence-corrected chi connectivity index (χ3v) is 2.07. The molecule has 6 heteroatoms. The van der Waals surface area contributed by atoms with Crippen LogP contribution in [-0.2, 0) is 4.74 Å². The van der Waals surface area contributed by atoms with Crippen LogP contribution in [0.15, 0.2) is 24.3 Å². The number of methoxy groups -OCH3 is 1. The first kappa shape index (κ1) is 13.8. The highest BCUT2D eigenvalue weighted by atomic mass is 19.4. The van der Waals surface area contributed by atoms with Crippen molar-refractivity contribution in [1.82, 2.24) is 0 Å². The lowest BCUT2D eigenvalue weighted by atomic mass is 10.1. The molecule has 1 unspecified atom stereocenters. The Morgan fingerprint density at radius 1 is 1.35 bits per heavy atom. The Morgan fingerprint density at radius 3 is 2.65 bits per heavy atom. The highest BCUT2D eigenvalue weighted by Gasteiger charge is 2.31. The van der Waals surface area contributed by atoms with Gasteiger partial charge in [0.2, 0.25) is 0 Å². The van der Waals surface area contributed by atoms with Gasteiger partial charge in [-0.3, -0.25) is 0 Å². The highest BCUT2D eigenvalue weighted by molar-refractivity contribution is 5.30. The fourth-order valence-electron chi connectivity index (χ4n) is 1.32. The second kappa shape index (κ2) is 5.88. The van der Waals surface area contributed by atoms with E-state index in [1.54, 1.807) is 0 Å². The minimum Gasteiger partial charge on any atom is -0.406 e. The third kappa shape index (κ3) is 5.06. The molecule has 0 bridgehead atoms. The summed E-state index contributed by atoms with van der Waals surface area (Å²) in [6, 6.07) is 5.27. The normalized spacial score (nSPS) is 13.5. The summed E-state index contributed by atoms with van der Waals surface area (Å²) in [5, 5.41) is 9.66. The van der Waals surface area contributed by atoms with Gasteiger partial charge >= 0.3 is 6.36 Å². The number of benzene rings is 1. The molecule has 0 amide bonds. The molecule has 0 heterocycles. The van der Waals surface area contributed by atoms with Gasteiger partial charge in [0, 0.05) is 20.1 Å². The van der Waals surface area contributed by atoms with Crippen LogP contribution in [0.25, 0.3) is 0 Å². The monoisotopic (exact) mass is 250 g/mol. The molecule has 0 fully saturated rings. The molecule has 0 radical (unpaired) electrons. The molecule has 0 aliphatic rings. The van der Waals surface area contributed by atoms with Gasteiger partial charge in [-0.2, -0.15) is 0 Å². The fraction of sp³-hybridized carbons (Fsp3) is 0.455. The van der Waals surface area contributed by atoms with E-state index < -0.39 is 12.5 Å². The Morgan fingerprint density at radius 2 is 2.06 bits per heavy atom. The number of aliphatic hydroxyl groups excluding tert-OH is 1. The fourth-order valence-corrected chi connectivity index (χ4v) is 1.32. The smallest absolute Gasteiger partial charge is 0.406 e. The quantitative estimate of drug-likeness (QED) is 0.873. The molecule has 1 aromatic rings. The van der Waals surface area contributed by atoms with Gasteiger partial charge in [0.25, 0.3) is 0 Å². The van der Waals surface area contributed by atoms with Gasteiger partial charge in [-0.15, -0.1) is 13.2 Å². The van der Waals surface area contributed by atoms with E-state index in [2.05, 4.69) is 4.74 Å². The topological polar surface area (TPSA) is 38.7 Å². The predicted octanol–water partition coefficient (Wildman–Crippen LogP) is 2.66. The van der Waals surface area contributed by atoms with Gasteiger partial charge in [-0.05, 0) is 17.7 Å². The summed E-state index contributed by atoms with van der Waals surface area (Å²) in [4.78, 5) is 0. The van der Waals surface area contributed by atoms with Crippen molar-refractivity contribution in [2.75, 3.05) is 13.7 Å². The average Bonchev–Trinajstić information content (AvgIpc) is 2.24. The molecule has 0 aliphatic carbocycles. The van der Waals surface area contributed by atoms with Crippen LogP contribution in [0.3, 0.4) is 0 Å². The zero-order chi connectivity index (χ0) is 12.9. The average molecular weight is 250 g/mol. The number of rotatable bonds is 5. The molecule has 0 aromatic heterocycles. The van der Waals surface area contributed by atoms with Crippen LogP contribution in [0.4, 0.5) is 13.2 Å². The van der Waals surface area contributed by atoms with Gasteiger partial charge in [-0.25, -0.2) is 0 Å². The van der Waals surface area contributed by atoms with Crippen molar-refractivity contribution >= 4 is 0 Å². The Labute approximate surface area is 96.8 Å². The highest BCUT2D eigenvalue weighted by Crippen LogP contribution is 2.26. The van der Waals surface area contributed by atoms with E-state index in [0.717, 1.165) is 6.07 Å². The van der Waals surface area contributed by atoms with Gasteiger partial charge in [0.05, 0.1) is 6.10 Å². The zero-order valence-electron chi connectivity index (χ0n) is 9.20. The van der Waals surface area contributed by atoms with E-state index in [9.17, 15) is 18.3 Å². The Balaban J connectivity index is 2.71. The molecule has 1 aromatic carbocycles. The van der Waals surface area contributed by atoms with Crippen LogP contribution in [0, 0.1) is 0 Å². The molecule has 0 saturated carbocycles. The first-order valence-electron chi connectivity index (χ1n) is 4.95. The lowest BCUT2D eigenvalue weighted by Crippen LogP contribution is -2.17. The maximum atomic E-state index is 12.0. The van der Waals surface area contributed by atoms with E-state index in [1.807, 2.05) is 0 Å². The van der Waals surface area contributed by atoms with Crippen molar-refractivity contribution in [2.24, 2.45) is 0 Å². The maximum Gasteiger partial charge on any atom is 0.573 e. The van der Waals surface area contributed by atoms with E-state index in [-0.39, 0.29) is 5.75 Å². The van der Waals surface area contributed by atoms with Gasteiger partial charge in [-0.1, -0.05) is 12.1 Å². The lowest BCUT2D eigenvalue weighted by molar-refractivity contribution is -0.274. The number of halogens is 3. The van der Waals surface area contributed by atoms with Gasteiger partial charge in [0.1, 0.15) is 5.75 Å². The van der Waals surface area contributed by atoms with E-state index in [4.69, 9.17) is 4.74 Å². The van der Waals surface area contributed by atoms with Crippen LogP contribution in [-0.4, -0.2) is 25.2 Å². The van der Waals surface area contributed by atoms with Crippen LogP contribution in [0.5, 0.6) is 5.75 Å². The molecule has 96 valence electrons. The summed E-state index contributed by atoms with van der Waals surface area (Å²) < 4.78 is 44.4. The number of ether oxygens (including phenoxy) is 2. The number of hydrogen-bond donors (Lipinski definition) is 1. The lowest BCUT2D eigenvalue weighted by Gasteiger charge is -2.13.